The highest BCUT2D eigenvalue weighted by molar-refractivity contribution is 6.74. The minimum atomic E-state index is -2.16. The summed E-state index contributed by atoms with van der Waals surface area (Å²) in [5, 5.41) is 9.91. The number of rotatable bonds is 4. The molecule has 0 spiro atoms. The topological polar surface area (TPSA) is 55.8 Å². The maximum absolute atomic E-state index is 12.0. The van der Waals surface area contributed by atoms with Crippen molar-refractivity contribution in [1.29, 1.82) is 0 Å². The molecule has 1 aromatic rings. The maximum Gasteiger partial charge on any atom is 0.338 e. The van der Waals surface area contributed by atoms with Gasteiger partial charge >= 0.3 is 5.97 Å². The van der Waals surface area contributed by atoms with Crippen molar-refractivity contribution in [2.75, 3.05) is 7.11 Å². The quantitative estimate of drug-likeness (QED) is 0.681. The van der Waals surface area contributed by atoms with Crippen molar-refractivity contribution in [3.8, 4) is 5.75 Å². The van der Waals surface area contributed by atoms with Crippen LogP contribution in [0.1, 0.15) is 32.4 Å². The largest absolute Gasteiger partial charge is 0.508 e. The first kappa shape index (κ1) is 16.7. The molecule has 1 rings (SSSR count). The Bertz CT molecular complexity index is 477. The van der Waals surface area contributed by atoms with Gasteiger partial charge in [-0.3, -0.25) is 0 Å². The molecule has 0 aliphatic carbocycles. The Kier molecular flexibility index (Phi) is 4.99. The summed E-state index contributed by atoms with van der Waals surface area (Å²) < 4.78 is 11.0. The molecular weight excluding hydrogens is 272 g/mol. The van der Waals surface area contributed by atoms with Gasteiger partial charge in [-0.15, -0.1) is 0 Å². The molecule has 1 aromatic carbocycles. The van der Waals surface area contributed by atoms with Gasteiger partial charge in [0.1, 0.15) is 5.75 Å². The number of hydrogen-bond acceptors (Lipinski definition) is 4. The summed E-state index contributed by atoms with van der Waals surface area (Å²) >= 11 is 0. The molecule has 0 radical (unpaired) electrons. The van der Waals surface area contributed by atoms with E-state index in [1.54, 1.807) is 24.3 Å². The second-order valence-corrected chi connectivity index (χ2v) is 11.1. The first-order valence-corrected chi connectivity index (χ1v) is 9.54. The molecule has 1 N–H and O–H groups in total. The molecule has 112 valence electrons. The van der Waals surface area contributed by atoms with Gasteiger partial charge in [-0.1, -0.05) is 39.0 Å². The molecule has 0 fully saturated rings. The van der Waals surface area contributed by atoms with Crippen molar-refractivity contribution < 1.29 is 19.1 Å². The highest BCUT2D eigenvalue weighted by atomic mass is 28.4. The number of para-hydroxylation sites is 1. The number of benzene rings is 1. The van der Waals surface area contributed by atoms with Crippen LogP contribution in [0.15, 0.2) is 24.3 Å². The minimum Gasteiger partial charge on any atom is -0.508 e. The third-order valence-electron chi connectivity index (χ3n) is 3.85. The molecule has 4 nitrogen and oxygen atoms in total. The monoisotopic (exact) mass is 296 g/mol. The van der Waals surface area contributed by atoms with Crippen LogP contribution in [-0.2, 0) is 14.0 Å². The van der Waals surface area contributed by atoms with Crippen LogP contribution in [-0.4, -0.2) is 26.5 Å². The number of ether oxygens (including phenoxy) is 1. The van der Waals surface area contributed by atoms with Crippen LogP contribution in [0.4, 0.5) is 0 Å². The summed E-state index contributed by atoms with van der Waals surface area (Å²) in [5.41, 5.74) is 0.448. The van der Waals surface area contributed by atoms with E-state index in [0.29, 0.717) is 5.56 Å². The van der Waals surface area contributed by atoms with Gasteiger partial charge in [0.05, 0.1) is 7.11 Å². The fourth-order valence-corrected chi connectivity index (χ4v) is 2.69. The number of carbonyl (C=O) groups excluding carboxylic acids is 1. The molecule has 0 bridgehead atoms. The molecule has 0 heterocycles. The Morgan fingerprint density at radius 2 is 1.80 bits per heavy atom. The lowest BCUT2D eigenvalue weighted by Gasteiger charge is -2.38. The zero-order valence-electron chi connectivity index (χ0n) is 13.1. The predicted molar refractivity (Wildman–Crippen MR) is 81.1 cm³/mol. The van der Waals surface area contributed by atoms with Crippen LogP contribution in [0, 0.1) is 0 Å². The van der Waals surface area contributed by atoms with E-state index in [9.17, 15) is 9.90 Å². The summed E-state index contributed by atoms with van der Waals surface area (Å²) in [7, 11) is -0.841. The van der Waals surface area contributed by atoms with Crippen molar-refractivity contribution >= 4 is 14.3 Å². The van der Waals surface area contributed by atoms with Gasteiger partial charge < -0.3 is 14.3 Å². The number of hydrogen-bond donors (Lipinski definition) is 1. The van der Waals surface area contributed by atoms with Crippen LogP contribution in [0.3, 0.4) is 0 Å². The van der Waals surface area contributed by atoms with E-state index < -0.39 is 20.4 Å². The van der Waals surface area contributed by atoms with Crippen molar-refractivity contribution in [1.82, 2.24) is 0 Å². The lowest BCUT2D eigenvalue weighted by Crippen LogP contribution is -2.43. The average Bonchev–Trinajstić information content (AvgIpc) is 2.34. The van der Waals surface area contributed by atoms with Crippen molar-refractivity contribution in [2.45, 2.75) is 45.0 Å². The van der Waals surface area contributed by atoms with Crippen molar-refractivity contribution in [3.63, 3.8) is 0 Å². The molecule has 20 heavy (non-hydrogen) atoms. The first-order chi connectivity index (χ1) is 9.10. The third kappa shape index (κ3) is 3.61. The van der Waals surface area contributed by atoms with Crippen LogP contribution in [0.2, 0.25) is 18.1 Å². The van der Waals surface area contributed by atoms with E-state index in [0.717, 1.165) is 0 Å². The second-order valence-electron chi connectivity index (χ2n) is 6.34. The van der Waals surface area contributed by atoms with Gasteiger partial charge in [0.2, 0.25) is 0 Å². The van der Waals surface area contributed by atoms with E-state index in [-0.39, 0.29) is 10.8 Å². The molecule has 0 aliphatic rings. The van der Waals surface area contributed by atoms with E-state index in [1.165, 1.54) is 7.11 Å². The van der Waals surface area contributed by atoms with Gasteiger partial charge in [0, 0.05) is 5.56 Å². The van der Waals surface area contributed by atoms with E-state index >= 15 is 0 Å². The molecule has 5 heteroatoms. The average molecular weight is 296 g/mol. The van der Waals surface area contributed by atoms with Crippen LogP contribution in [0.25, 0.3) is 0 Å². The molecule has 0 amide bonds. The minimum absolute atomic E-state index is 0.0380. The lowest BCUT2D eigenvalue weighted by atomic mass is 10.1. The molecule has 0 aliphatic heterocycles. The first-order valence-electron chi connectivity index (χ1n) is 6.63. The van der Waals surface area contributed by atoms with Gasteiger partial charge in [-0.05, 0) is 24.2 Å². The zero-order valence-corrected chi connectivity index (χ0v) is 14.1. The summed E-state index contributed by atoms with van der Waals surface area (Å²) in [5.74, 6) is -0.446. The smallest absolute Gasteiger partial charge is 0.338 e. The Morgan fingerprint density at radius 3 is 2.25 bits per heavy atom. The Balaban J connectivity index is 3.16. The van der Waals surface area contributed by atoms with Gasteiger partial charge in [0.15, 0.2) is 14.4 Å². The molecule has 1 atom stereocenters. The molecule has 0 saturated heterocycles. The van der Waals surface area contributed by atoms with Crippen LogP contribution >= 0.6 is 0 Å². The van der Waals surface area contributed by atoms with E-state index in [4.69, 9.17) is 9.16 Å². The highest BCUT2D eigenvalue weighted by Crippen LogP contribution is 2.41. The number of aromatic hydroxyl groups is 1. The van der Waals surface area contributed by atoms with E-state index in [2.05, 4.69) is 33.9 Å². The van der Waals surface area contributed by atoms with Crippen molar-refractivity contribution in [2.24, 2.45) is 0 Å². The Labute approximate surface area is 121 Å². The third-order valence-corrected chi connectivity index (χ3v) is 8.29. The number of phenolic OH excluding ortho intramolecular Hbond substituents is 1. The fourth-order valence-electron chi connectivity index (χ4n) is 1.53. The Morgan fingerprint density at radius 1 is 1.25 bits per heavy atom. The summed E-state index contributed by atoms with van der Waals surface area (Å²) in [6.07, 6.45) is -0.887. The molecule has 0 aromatic heterocycles. The van der Waals surface area contributed by atoms with Gasteiger partial charge in [-0.25, -0.2) is 4.79 Å². The lowest BCUT2D eigenvalue weighted by molar-refractivity contribution is -0.149. The maximum atomic E-state index is 12.0. The van der Waals surface area contributed by atoms with Gasteiger partial charge in [0.25, 0.3) is 0 Å². The van der Waals surface area contributed by atoms with Crippen LogP contribution < -0.4 is 0 Å². The summed E-state index contributed by atoms with van der Waals surface area (Å²) in [6, 6.07) is 6.70. The second kappa shape index (κ2) is 5.97. The number of phenols is 1. The molecule has 1 unspecified atom stereocenters. The normalized spacial score (nSPS) is 13.9. The predicted octanol–water partition coefficient (Wildman–Crippen LogP) is 3.63. The SMILES string of the molecule is COC(=O)C(O[Si](C)(C)C(C)(C)C)c1ccccc1O. The zero-order chi connectivity index (χ0) is 15.6. The number of methoxy groups -OCH3 is 1. The summed E-state index contributed by atoms with van der Waals surface area (Å²) in [4.78, 5) is 12.0. The molecular formula is C15H24O4Si. The van der Waals surface area contributed by atoms with Crippen molar-refractivity contribution in [3.05, 3.63) is 29.8 Å². The summed E-state index contributed by atoms with van der Waals surface area (Å²) in [6.45, 7) is 10.4. The Hall–Kier alpha value is -1.33. The van der Waals surface area contributed by atoms with Gasteiger partial charge in [-0.2, -0.15) is 0 Å². The fraction of sp³-hybridized carbons (Fsp3) is 0.533. The standard InChI is InChI=1S/C15H24O4Si/c1-15(2,3)20(5,6)19-13(14(17)18-4)11-9-7-8-10-12(11)16/h7-10,13,16H,1-6H3. The highest BCUT2D eigenvalue weighted by Gasteiger charge is 2.42. The number of esters is 1. The van der Waals surface area contributed by atoms with Crippen LogP contribution in [0.5, 0.6) is 5.75 Å². The van der Waals surface area contributed by atoms with E-state index in [1.807, 2.05) is 0 Å². The number of carbonyl (C=O) groups is 1. The molecule has 0 saturated carbocycles.